The number of carboxylic acid groups (broad SMARTS) is 1. The van der Waals surface area contributed by atoms with E-state index in [2.05, 4.69) is 0 Å². The normalized spacial score (nSPS) is 21.9. The third-order valence-electron chi connectivity index (χ3n) is 3.14. The van der Waals surface area contributed by atoms with Gasteiger partial charge < -0.3 is 15.7 Å². The molecule has 0 saturated carbocycles. The second-order valence-electron chi connectivity index (χ2n) is 4.94. The minimum Gasteiger partial charge on any atom is -0.480 e. The summed E-state index contributed by atoms with van der Waals surface area (Å²) in [5.41, 5.74) is 4.86. The molecule has 92 valence electrons. The number of amides is 1. The van der Waals surface area contributed by atoms with Crippen molar-refractivity contribution >= 4 is 11.9 Å². The molecule has 3 N–H and O–H groups in total. The van der Waals surface area contributed by atoms with E-state index in [-0.39, 0.29) is 12.5 Å². The van der Waals surface area contributed by atoms with Crippen molar-refractivity contribution in [2.45, 2.75) is 39.2 Å². The molecule has 0 spiro atoms. The van der Waals surface area contributed by atoms with Gasteiger partial charge in [-0.3, -0.25) is 4.79 Å². The van der Waals surface area contributed by atoms with Crippen LogP contribution in [0.15, 0.2) is 0 Å². The number of carbonyl (C=O) groups excluding carboxylic acids is 1. The Morgan fingerprint density at radius 3 is 2.56 bits per heavy atom. The van der Waals surface area contributed by atoms with Gasteiger partial charge in [0.1, 0.15) is 6.04 Å². The molecule has 1 saturated heterocycles. The van der Waals surface area contributed by atoms with Gasteiger partial charge in [0.25, 0.3) is 0 Å². The van der Waals surface area contributed by atoms with Crippen molar-refractivity contribution in [3.05, 3.63) is 0 Å². The number of nitrogens with zero attached hydrogens (tertiary/aromatic N) is 1. The van der Waals surface area contributed by atoms with Crippen LogP contribution in [0.2, 0.25) is 0 Å². The quantitative estimate of drug-likeness (QED) is 0.734. The Morgan fingerprint density at radius 2 is 2.06 bits per heavy atom. The zero-order chi connectivity index (χ0) is 12.3. The standard InChI is InChI=1S/C11H20N2O3/c1-11(2,7-12)10(16)13-6-4-3-5-8(13)9(14)15/h8H,3-7,12H2,1-2H3,(H,14,15)/t8-/m0/s1. The first-order valence-electron chi connectivity index (χ1n) is 5.64. The predicted molar refractivity (Wildman–Crippen MR) is 59.8 cm³/mol. The Kier molecular flexibility index (Phi) is 3.91. The van der Waals surface area contributed by atoms with Crippen LogP contribution < -0.4 is 5.73 Å². The van der Waals surface area contributed by atoms with Crippen molar-refractivity contribution in [3.8, 4) is 0 Å². The molecule has 1 fully saturated rings. The Labute approximate surface area is 95.6 Å². The highest BCUT2D eigenvalue weighted by atomic mass is 16.4. The minimum atomic E-state index is -0.916. The van der Waals surface area contributed by atoms with Gasteiger partial charge in [0.2, 0.25) is 5.91 Å². The predicted octanol–water partition coefficient (Wildman–Crippen LogP) is 0.437. The summed E-state index contributed by atoms with van der Waals surface area (Å²) in [5.74, 6) is -1.07. The first kappa shape index (κ1) is 13.0. The van der Waals surface area contributed by atoms with E-state index < -0.39 is 17.4 Å². The van der Waals surface area contributed by atoms with E-state index in [9.17, 15) is 9.59 Å². The van der Waals surface area contributed by atoms with Gasteiger partial charge in [0, 0.05) is 13.1 Å². The smallest absolute Gasteiger partial charge is 0.326 e. The number of carboxylic acids is 1. The van der Waals surface area contributed by atoms with Gasteiger partial charge in [-0.2, -0.15) is 0 Å². The second kappa shape index (κ2) is 4.82. The number of hydrogen-bond acceptors (Lipinski definition) is 3. The summed E-state index contributed by atoms with van der Waals surface area (Å²) in [6.45, 7) is 4.26. The summed E-state index contributed by atoms with van der Waals surface area (Å²) in [4.78, 5) is 24.7. The highest BCUT2D eigenvalue weighted by Gasteiger charge is 2.38. The third-order valence-corrected chi connectivity index (χ3v) is 3.14. The Hall–Kier alpha value is -1.10. The molecule has 0 unspecified atom stereocenters. The minimum absolute atomic E-state index is 0.151. The molecule has 1 amide bonds. The molecule has 5 heteroatoms. The molecule has 1 aliphatic rings. The van der Waals surface area contributed by atoms with Gasteiger partial charge in [0.05, 0.1) is 5.41 Å². The van der Waals surface area contributed by atoms with E-state index >= 15 is 0 Å². The molecule has 1 aliphatic heterocycles. The van der Waals surface area contributed by atoms with Crippen molar-refractivity contribution in [2.24, 2.45) is 11.1 Å². The maximum atomic E-state index is 12.1. The van der Waals surface area contributed by atoms with Gasteiger partial charge in [-0.05, 0) is 33.1 Å². The summed E-state index contributed by atoms with van der Waals surface area (Å²) < 4.78 is 0. The Bertz CT molecular complexity index is 289. The van der Waals surface area contributed by atoms with Crippen LogP contribution in [0.1, 0.15) is 33.1 Å². The summed E-state index contributed by atoms with van der Waals surface area (Å²) in [6.07, 6.45) is 2.28. The largest absolute Gasteiger partial charge is 0.480 e. The molecule has 0 bridgehead atoms. The van der Waals surface area contributed by atoms with Crippen LogP contribution in [0, 0.1) is 5.41 Å². The van der Waals surface area contributed by atoms with Crippen molar-refractivity contribution < 1.29 is 14.7 Å². The first-order chi connectivity index (χ1) is 7.40. The Morgan fingerprint density at radius 1 is 1.44 bits per heavy atom. The van der Waals surface area contributed by atoms with E-state index in [0.717, 1.165) is 12.8 Å². The van der Waals surface area contributed by atoms with Crippen molar-refractivity contribution in [3.63, 3.8) is 0 Å². The van der Waals surface area contributed by atoms with Crippen molar-refractivity contribution in [2.75, 3.05) is 13.1 Å². The molecule has 0 aromatic rings. The van der Waals surface area contributed by atoms with E-state index in [1.54, 1.807) is 13.8 Å². The number of rotatable bonds is 3. The van der Waals surface area contributed by atoms with Crippen LogP contribution in [0.4, 0.5) is 0 Å². The lowest BCUT2D eigenvalue weighted by molar-refractivity contribution is -0.156. The molecule has 1 atom stereocenters. The molecular weight excluding hydrogens is 208 g/mol. The number of nitrogens with two attached hydrogens (primary N) is 1. The van der Waals surface area contributed by atoms with E-state index in [4.69, 9.17) is 10.8 Å². The van der Waals surface area contributed by atoms with Gasteiger partial charge >= 0.3 is 5.97 Å². The maximum Gasteiger partial charge on any atom is 0.326 e. The van der Waals surface area contributed by atoms with Crippen LogP contribution in [-0.4, -0.2) is 41.0 Å². The number of aliphatic carboxylic acids is 1. The molecular formula is C11H20N2O3. The zero-order valence-electron chi connectivity index (χ0n) is 9.90. The molecule has 0 aromatic heterocycles. The molecule has 0 radical (unpaired) electrons. The number of hydrogen-bond donors (Lipinski definition) is 2. The number of piperidine rings is 1. The Balaban J connectivity index is 2.83. The van der Waals surface area contributed by atoms with E-state index in [1.165, 1.54) is 4.90 Å². The fourth-order valence-corrected chi connectivity index (χ4v) is 1.91. The molecule has 0 aromatic carbocycles. The summed E-state index contributed by atoms with van der Waals surface area (Å²) in [7, 11) is 0. The lowest BCUT2D eigenvalue weighted by atomic mass is 9.89. The fraction of sp³-hybridized carbons (Fsp3) is 0.818. The van der Waals surface area contributed by atoms with Gasteiger partial charge in [-0.25, -0.2) is 4.79 Å². The average Bonchev–Trinajstić information content (AvgIpc) is 2.28. The van der Waals surface area contributed by atoms with Crippen LogP contribution >= 0.6 is 0 Å². The number of likely N-dealkylation sites (tertiary alicyclic amines) is 1. The monoisotopic (exact) mass is 228 g/mol. The van der Waals surface area contributed by atoms with Crippen molar-refractivity contribution in [1.82, 2.24) is 4.90 Å². The van der Waals surface area contributed by atoms with Crippen LogP contribution in [0.25, 0.3) is 0 Å². The SMILES string of the molecule is CC(C)(CN)C(=O)N1CCCC[C@H]1C(=O)O. The van der Waals surface area contributed by atoms with E-state index in [0.29, 0.717) is 13.0 Å². The van der Waals surface area contributed by atoms with Crippen LogP contribution in [-0.2, 0) is 9.59 Å². The van der Waals surface area contributed by atoms with Gasteiger partial charge in [-0.15, -0.1) is 0 Å². The van der Waals surface area contributed by atoms with Gasteiger partial charge in [-0.1, -0.05) is 0 Å². The van der Waals surface area contributed by atoms with E-state index in [1.807, 2.05) is 0 Å². The van der Waals surface area contributed by atoms with Crippen LogP contribution in [0.3, 0.4) is 0 Å². The van der Waals surface area contributed by atoms with Crippen LogP contribution in [0.5, 0.6) is 0 Å². The maximum absolute atomic E-state index is 12.1. The fourth-order valence-electron chi connectivity index (χ4n) is 1.91. The summed E-state index contributed by atoms with van der Waals surface area (Å²) in [6, 6.07) is -0.674. The lowest BCUT2D eigenvalue weighted by Crippen LogP contribution is -2.53. The molecule has 1 heterocycles. The van der Waals surface area contributed by atoms with Gasteiger partial charge in [0.15, 0.2) is 0 Å². The second-order valence-corrected chi connectivity index (χ2v) is 4.94. The summed E-state index contributed by atoms with van der Waals surface area (Å²) >= 11 is 0. The molecule has 16 heavy (non-hydrogen) atoms. The zero-order valence-corrected chi connectivity index (χ0v) is 9.90. The molecule has 1 rings (SSSR count). The molecule has 5 nitrogen and oxygen atoms in total. The molecule has 0 aliphatic carbocycles. The summed E-state index contributed by atoms with van der Waals surface area (Å²) in [5, 5.41) is 9.07. The lowest BCUT2D eigenvalue weighted by Gasteiger charge is -2.37. The average molecular weight is 228 g/mol. The highest BCUT2D eigenvalue weighted by molar-refractivity contribution is 5.87. The highest BCUT2D eigenvalue weighted by Crippen LogP contribution is 2.24. The first-order valence-corrected chi connectivity index (χ1v) is 5.64. The number of carbonyl (C=O) groups is 2. The topological polar surface area (TPSA) is 83.6 Å². The van der Waals surface area contributed by atoms with Crippen molar-refractivity contribution in [1.29, 1.82) is 0 Å². The third kappa shape index (κ3) is 2.52.